The Kier molecular flexibility index (Phi) is 3.88. The van der Waals surface area contributed by atoms with E-state index in [2.05, 4.69) is 15.3 Å². The van der Waals surface area contributed by atoms with Crippen molar-refractivity contribution in [2.24, 2.45) is 0 Å². The molecule has 94 valence electrons. The molecule has 0 aliphatic rings. The Bertz CT molecular complexity index is 554. The fourth-order valence-corrected chi connectivity index (χ4v) is 2.32. The van der Waals surface area contributed by atoms with Crippen LogP contribution >= 0.6 is 11.3 Å². The van der Waals surface area contributed by atoms with Crippen molar-refractivity contribution in [3.8, 4) is 0 Å². The van der Waals surface area contributed by atoms with Gasteiger partial charge in [-0.05, 0) is 13.0 Å². The van der Waals surface area contributed by atoms with Crippen LogP contribution in [0.25, 0.3) is 0 Å². The maximum atomic E-state index is 11.0. The Hall–Kier alpha value is -1.95. The van der Waals surface area contributed by atoms with Crippen molar-refractivity contribution in [3.63, 3.8) is 0 Å². The quantitative estimate of drug-likeness (QED) is 0.865. The van der Waals surface area contributed by atoms with Gasteiger partial charge in [-0.2, -0.15) is 0 Å². The molecule has 0 amide bonds. The summed E-state index contributed by atoms with van der Waals surface area (Å²) in [5, 5.41) is 15.1. The highest BCUT2D eigenvalue weighted by atomic mass is 32.1. The molecule has 0 saturated carbocycles. The van der Waals surface area contributed by atoms with Crippen molar-refractivity contribution in [2.75, 3.05) is 11.9 Å². The number of nitrogens with one attached hydrogen (secondary N) is 1. The van der Waals surface area contributed by atoms with Gasteiger partial charge in [0.25, 0.3) is 0 Å². The van der Waals surface area contributed by atoms with Crippen molar-refractivity contribution in [2.45, 2.75) is 13.3 Å². The zero-order chi connectivity index (χ0) is 13.0. The fraction of sp³-hybridized carbons (Fsp3) is 0.250. The highest BCUT2D eigenvalue weighted by molar-refractivity contribution is 7.09. The molecular weight excluding hydrogens is 250 g/mol. The van der Waals surface area contributed by atoms with E-state index in [4.69, 9.17) is 5.11 Å². The van der Waals surface area contributed by atoms with Crippen molar-refractivity contribution in [1.82, 2.24) is 9.97 Å². The van der Waals surface area contributed by atoms with Gasteiger partial charge in [0.15, 0.2) is 0 Å². The van der Waals surface area contributed by atoms with Crippen LogP contribution in [0, 0.1) is 6.92 Å². The second kappa shape index (κ2) is 5.59. The molecule has 2 aromatic heterocycles. The van der Waals surface area contributed by atoms with Gasteiger partial charge in [-0.3, -0.25) is 4.98 Å². The molecular formula is C12H13N3O2S. The maximum absolute atomic E-state index is 11.0. The number of hydrogen-bond donors (Lipinski definition) is 2. The van der Waals surface area contributed by atoms with Crippen LogP contribution in [-0.2, 0) is 6.42 Å². The molecule has 0 fully saturated rings. The van der Waals surface area contributed by atoms with E-state index >= 15 is 0 Å². The number of aromatic carboxylic acids is 1. The lowest BCUT2D eigenvalue weighted by atomic mass is 10.2. The number of hydrogen-bond acceptors (Lipinski definition) is 5. The standard InChI is InChI=1S/C12H13N3O2S/c1-8-7-18-11(15-8)3-5-14-10-6-13-4-2-9(10)12(16)17/h2,4,6-7,14H,3,5H2,1H3,(H,16,17). The molecule has 6 heteroatoms. The SMILES string of the molecule is Cc1csc(CCNc2cnccc2C(=O)O)n1. The molecule has 2 heterocycles. The molecule has 5 nitrogen and oxygen atoms in total. The maximum Gasteiger partial charge on any atom is 0.337 e. The van der Waals surface area contributed by atoms with Gasteiger partial charge in [0.05, 0.1) is 22.5 Å². The summed E-state index contributed by atoms with van der Waals surface area (Å²) in [6, 6.07) is 1.48. The number of carboxylic acids is 1. The van der Waals surface area contributed by atoms with Crippen LogP contribution in [-0.4, -0.2) is 27.6 Å². The van der Waals surface area contributed by atoms with Crippen LogP contribution < -0.4 is 5.32 Å². The molecule has 0 radical (unpaired) electrons. The highest BCUT2D eigenvalue weighted by Gasteiger charge is 2.09. The van der Waals surface area contributed by atoms with E-state index in [1.165, 1.54) is 18.5 Å². The summed E-state index contributed by atoms with van der Waals surface area (Å²) in [5.41, 5.74) is 1.79. The average Bonchev–Trinajstić information content (AvgIpc) is 2.75. The predicted molar refractivity (Wildman–Crippen MR) is 70.2 cm³/mol. The Morgan fingerprint density at radius 1 is 1.56 bits per heavy atom. The van der Waals surface area contributed by atoms with E-state index < -0.39 is 5.97 Å². The molecule has 18 heavy (non-hydrogen) atoms. The molecule has 2 N–H and O–H groups in total. The Labute approximate surface area is 109 Å². The number of aromatic nitrogens is 2. The number of carboxylic acid groups (broad SMARTS) is 1. The molecule has 0 saturated heterocycles. The predicted octanol–water partition coefficient (Wildman–Crippen LogP) is 2.20. The summed E-state index contributed by atoms with van der Waals surface area (Å²) in [4.78, 5) is 19.2. The summed E-state index contributed by atoms with van der Waals surface area (Å²) < 4.78 is 0. The lowest BCUT2D eigenvalue weighted by Gasteiger charge is -2.07. The molecule has 0 aliphatic carbocycles. The summed E-state index contributed by atoms with van der Waals surface area (Å²) in [7, 11) is 0. The zero-order valence-electron chi connectivity index (χ0n) is 9.88. The Balaban J connectivity index is 1.96. The van der Waals surface area contributed by atoms with Gasteiger partial charge < -0.3 is 10.4 Å². The van der Waals surface area contributed by atoms with Gasteiger partial charge in [-0.25, -0.2) is 9.78 Å². The normalized spacial score (nSPS) is 10.3. The Morgan fingerprint density at radius 2 is 2.39 bits per heavy atom. The number of carbonyl (C=O) groups is 1. The highest BCUT2D eigenvalue weighted by Crippen LogP contribution is 2.14. The number of aryl methyl sites for hydroxylation is 1. The summed E-state index contributed by atoms with van der Waals surface area (Å²) >= 11 is 1.61. The molecule has 0 aliphatic heterocycles. The van der Waals surface area contributed by atoms with Crippen molar-refractivity contribution in [1.29, 1.82) is 0 Å². The monoisotopic (exact) mass is 263 g/mol. The van der Waals surface area contributed by atoms with Crippen molar-refractivity contribution >= 4 is 23.0 Å². The minimum Gasteiger partial charge on any atom is -0.478 e. The molecule has 0 spiro atoms. The van der Waals surface area contributed by atoms with E-state index in [0.29, 0.717) is 12.2 Å². The Morgan fingerprint density at radius 3 is 3.06 bits per heavy atom. The zero-order valence-corrected chi connectivity index (χ0v) is 10.7. The minimum atomic E-state index is -0.954. The van der Waals surface area contributed by atoms with Crippen LogP contribution in [0.5, 0.6) is 0 Å². The van der Waals surface area contributed by atoms with Crippen LogP contribution in [0.15, 0.2) is 23.8 Å². The number of pyridine rings is 1. The first kappa shape index (κ1) is 12.5. The number of thiazole rings is 1. The van der Waals surface area contributed by atoms with E-state index in [-0.39, 0.29) is 5.56 Å². The largest absolute Gasteiger partial charge is 0.478 e. The van der Waals surface area contributed by atoms with E-state index in [1.54, 1.807) is 11.3 Å². The van der Waals surface area contributed by atoms with Crippen molar-refractivity contribution in [3.05, 3.63) is 40.1 Å². The topological polar surface area (TPSA) is 75.1 Å². The van der Waals surface area contributed by atoms with Gasteiger partial charge in [-0.15, -0.1) is 11.3 Å². The first-order valence-corrected chi connectivity index (χ1v) is 6.37. The van der Waals surface area contributed by atoms with Gasteiger partial charge in [0.2, 0.25) is 0 Å². The van der Waals surface area contributed by atoms with Crippen LogP contribution in [0.2, 0.25) is 0 Å². The molecule has 0 bridgehead atoms. The number of anilines is 1. The first-order chi connectivity index (χ1) is 8.66. The molecule has 0 atom stereocenters. The number of nitrogens with zero attached hydrogens (tertiary/aromatic N) is 2. The van der Waals surface area contributed by atoms with Crippen molar-refractivity contribution < 1.29 is 9.90 Å². The summed E-state index contributed by atoms with van der Waals surface area (Å²) in [5.74, 6) is -0.954. The third-order valence-electron chi connectivity index (χ3n) is 2.37. The third kappa shape index (κ3) is 3.04. The number of rotatable bonds is 5. The minimum absolute atomic E-state index is 0.236. The van der Waals surface area contributed by atoms with Crippen LogP contribution in [0.4, 0.5) is 5.69 Å². The van der Waals surface area contributed by atoms with Gasteiger partial charge in [-0.1, -0.05) is 0 Å². The molecule has 0 unspecified atom stereocenters. The van der Waals surface area contributed by atoms with Gasteiger partial charge in [0.1, 0.15) is 0 Å². The molecule has 0 aromatic carbocycles. The van der Waals surface area contributed by atoms with E-state index in [1.807, 2.05) is 12.3 Å². The molecule has 2 rings (SSSR count). The third-order valence-corrected chi connectivity index (χ3v) is 3.40. The fourth-order valence-electron chi connectivity index (χ4n) is 1.54. The second-order valence-electron chi connectivity index (χ2n) is 3.79. The van der Waals surface area contributed by atoms with Gasteiger partial charge in [0, 0.05) is 30.2 Å². The lowest BCUT2D eigenvalue weighted by molar-refractivity contribution is 0.0698. The average molecular weight is 263 g/mol. The summed E-state index contributed by atoms with van der Waals surface area (Å²) in [6.45, 7) is 2.59. The summed E-state index contributed by atoms with van der Waals surface area (Å²) in [6.07, 6.45) is 3.77. The van der Waals surface area contributed by atoms with E-state index in [9.17, 15) is 4.79 Å². The molecule has 2 aromatic rings. The lowest BCUT2D eigenvalue weighted by Crippen LogP contribution is -2.09. The smallest absolute Gasteiger partial charge is 0.337 e. The van der Waals surface area contributed by atoms with Crippen LogP contribution in [0.1, 0.15) is 21.1 Å². The first-order valence-electron chi connectivity index (χ1n) is 5.49. The van der Waals surface area contributed by atoms with Gasteiger partial charge >= 0.3 is 5.97 Å². The second-order valence-corrected chi connectivity index (χ2v) is 4.73. The van der Waals surface area contributed by atoms with Crippen LogP contribution in [0.3, 0.4) is 0 Å². The van der Waals surface area contributed by atoms with E-state index in [0.717, 1.165) is 17.1 Å².